The fraction of sp³-hybridized carbons (Fsp3) is 0.562. The van der Waals surface area contributed by atoms with Crippen LogP contribution in [0.25, 0.3) is 0 Å². The molecule has 1 N–H and O–H groups in total. The Hall–Kier alpha value is -1.35. The molecule has 0 radical (unpaired) electrons. The van der Waals surface area contributed by atoms with Crippen molar-refractivity contribution in [3.05, 3.63) is 29.3 Å². The standard InChI is InChI=1S/C16H24N2O/c1-12-6-5-9-18(10-12)11-16(19)17-15-8-4-7-13(2)14(15)3/h4,7-8,12H,5-6,9-11H2,1-3H3,(H,17,19)/t12-/m0/s1. The Kier molecular flexibility index (Phi) is 4.59. The van der Waals surface area contributed by atoms with Crippen LogP contribution < -0.4 is 5.32 Å². The Morgan fingerprint density at radius 3 is 2.95 bits per heavy atom. The van der Waals surface area contributed by atoms with E-state index in [1.807, 2.05) is 19.1 Å². The highest BCUT2D eigenvalue weighted by molar-refractivity contribution is 5.93. The van der Waals surface area contributed by atoms with Crippen molar-refractivity contribution in [3.63, 3.8) is 0 Å². The van der Waals surface area contributed by atoms with E-state index in [2.05, 4.69) is 30.1 Å². The number of anilines is 1. The summed E-state index contributed by atoms with van der Waals surface area (Å²) in [7, 11) is 0. The quantitative estimate of drug-likeness (QED) is 0.906. The molecule has 2 rings (SSSR count). The van der Waals surface area contributed by atoms with Crippen LogP contribution in [0.5, 0.6) is 0 Å². The van der Waals surface area contributed by atoms with Gasteiger partial charge in [-0.3, -0.25) is 9.69 Å². The lowest BCUT2D eigenvalue weighted by Crippen LogP contribution is -2.39. The van der Waals surface area contributed by atoms with Gasteiger partial charge in [-0.15, -0.1) is 0 Å². The number of piperidine rings is 1. The SMILES string of the molecule is Cc1cccc(NC(=O)CN2CCC[C@H](C)C2)c1C. The first-order valence-electron chi connectivity index (χ1n) is 7.14. The number of carbonyl (C=O) groups excluding carboxylic acids is 1. The topological polar surface area (TPSA) is 32.3 Å². The molecule has 1 aromatic rings. The van der Waals surface area contributed by atoms with Crippen molar-refractivity contribution in [2.45, 2.75) is 33.6 Å². The second kappa shape index (κ2) is 6.20. The maximum atomic E-state index is 12.1. The molecule has 0 spiro atoms. The predicted octanol–water partition coefficient (Wildman–Crippen LogP) is 2.97. The average Bonchev–Trinajstić information content (AvgIpc) is 2.35. The molecule has 19 heavy (non-hydrogen) atoms. The maximum absolute atomic E-state index is 12.1. The van der Waals surface area contributed by atoms with Gasteiger partial charge in [0, 0.05) is 12.2 Å². The minimum Gasteiger partial charge on any atom is -0.325 e. The van der Waals surface area contributed by atoms with E-state index in [4.69, 9.17) is 0 Å². The summed E-state index contributed by atoms with van der Waals surface area (Å²) in [6, 6.07) is 6.03. The van der Waals surface area contributed by atoms with Gasteiger partial charge < -0.3 is 5.32 Å². The van der Waals surface area contributed by atoms with Gasteiger partial charge in [0.2, 0.25) is 5.91 Å². The first-order chi connectivity index (χ1) is 9.06. The fourth-order valence-electron chi connectivity index (χ4n) is 2.71. The average molecular weight is 260 g/mol. The predicted molar refractivity (Wildman–Crippen MR) is 79.4 cm³/mol. The summed E-state index contributed by atoms with van der Waals surface area (Å²) in [4.78, 5) is 14.4. The Labute approximate surface area is 116 Å². The molecule has 1 saturated heterocycles. The van der Waals surface area contributed by atoms with Gasteiger partial charge in [0.1, 0.15) is 0 Å². The molecular formula is C16H24N2O. The van der Waals surface area contributed by atoms with Crippen LogP contribution in [0.4, 0.5) is 5.69 Å². The molecule has 1 atom stereocenters. The van der Waals surface area contributed by atoms with Crippen molar-refractivity contribution in [1.82, 2.24) is 4.90 Å². The number of aryl methyl sites for hydroxylation is 1. The first-order valence-corrected chi connectivity index (χ1v) is 7.14. The number of carbonyl (C=O) groups is 1. The molecule has 0 bridgehead atoms. The number of rotatable bonds is 3. The summed E-state index contributed by atoms with van der Waals surface area (Å²) in [5, 5.41) is 3.03. The number of amides is 1. The largest absolute Gasteiger partial charge is 0.325 e. The van der Waals surface area contributed by atoms with Crippen LogP contribution in [0.1, 0.15) is 30.9 Å². The van der Waals surface area contributed by atoms with Crippen molar-refractivity contribution < 1.29 is 4.79 Å². The molecule has 0 aromatic heterocycles. The highest BCUT2D eigenvalue weighted by Gasteiger charge is 2.18. The van der Waals surface area contributed by atoms with Gasteiger partial charge in [-0.2, -0.15) is 0 Å². The van der Waals surface area contributed by atoms with E-state index in [9.17, 15) is 4.79 Å². The summed E-state index contributed by atoms with van der Waals surface area (Å²) in [5.41, 5.74) is 3.31. The fourth-order valence-corrected chi connectivity index (χ4v) is 2.71. The minimum absolute atomic E-state index is 0.0998. The monoisotopic (exact) mass is 260 g/mol. The molecule has 1 aromatic carbocycles. The Morgan fingerprint density at radius 2 is 2.21 bits per heavy atom. The zero-order valence-corrected chi connectivity index (χ0v) is 12.2. The van der Waals surface area contributed by atoms with Gasteiger partial charge in [-0.05, 0) is 56.3 Å². The summed E-state index contributed by atoms with van der Waals surface area (Å²) in [6.45, 7) is 8.97. The molecule has 1 fully saturated rings. The molecule has 3 heteroatoms. The van der Waals surface area contributed by atoms with Crippen molar-refractivity contribution in [2.24, 2.45) is 5.92 Å². The van der Waals surface area contributed by atoms with Crippen LogP contribution in [0.2, 0.25) is 0 Å². The molecule has 1 heterocycles. The summed E-state index contributed by atoms with van der Waals surface area (Å²) in [6.07, 6.45) is 2.49. The van der Waals surface area contributed by atoms with E-state index in [1.165, 1.54) is 18.4 Å². The molecule has 0 aliphatic carbocycles. The number of nitrogens with zero attached hydrogens (tertiary/aromatic N) is 1. The normalized spacial score (nSPS) is 20.3. The first kappa shape index (κ1) is 14.1. The van der Waals surface area contributed by atoms with Gasteiger partial charge in [0.05, 0.1) is 6.54 Å². The molecule has 0 saturated carbocycles. The van der Waals surface area contributed by atoms with Crippen LogP contribution in [0.15, 0.2) is 18.2 Å². The molecule has 1 amide bonds. The van der Waals surface area contributed by atoms with E-state index >= 15 is 0 Å². The van der Waals surface area contributed by atoms with Crippen LogP contribution in [-0.2, 0) is 4.79 Å². The zero-order chi connectivity index (χ0) is 13.8. The lowest BCUT2D eigenvalue weighted by Gasteiger charge is -2.30. The van der Waals surface area contributed by atoms with E-state index in [0.717, 1.165) is 24.3 Å². The summed E-state index contributed by atoms with van der Waals surface area (Å²) in [5.74, 6) is 0.810. The molecule has 3 nitrogen and oxygen atoms in total. The van der Waals surface area contributed by atoms with Gasteiger partial charge in [0.15, 0.2) is 0 Å². The number of benzene rings is 1. The van der Waals surface area contributed by atoms with E-state index < -0.39 is 0 Å². The molecule has 104 valence electrons. The summed E-state index contributed by atoms with van der Waals surface area (Å²) < 4.78 is 0. The Balaban J connectivity index is 1.92. The van der Waals surface area contributed by atoms with Gasteiger partial charge in [-0.25, -0.2) is 0 Å². The third-order valence-electron chi connectivity index (χ3n) is 3.99. The molecule has 0 unspecified atom stereocenters. The molecule has 1 aliphatic rings. The van der Waals surface area contributed by atoms with Crippen LogP contribution >= 0.6 is 0 Å². The second-order valence-electron chi connectivity index (χ2n) is 5.78. The van der Waals surface area contributed by atoms with Crippen molar-refractivity contribution in [3.8, 4) is 0 Å². The van der Waals surface area contributed by atoms with E-state index in [1.54, 1.807) is 0 Å². The number of nitrogens with one attached hydrogen (secondary N) is 1. The number of likely N-dealkylation sites (tertiary alicyclic amines) is 1. The maximum Gasteiger partial charge on any atom is 0.238 e. The lowest BCUT2D eigenvalue weighted by atomic mass is 10.0. The second-order valence-corrected chi connectivity index (χ2v) is 5.78. The Bertz CT molecular complexity index is 456. The van der Waals surface area contributed by atoms with Crippen molar-refractivity contribution in [2.75, 3.05) is 25.0 Å². The molecular weight excluding hydrogens is 236 g/mol. The third-order valence-corrected chi connectivity index (χ3v) is 3.99. The van der Waals surface area contributed by atoms with Crippen molar-refractivity contribution >= 4 is 11.6 Å². The van der Waals surface area contributed by atoms with Crippen LogP contribution in [-0.4, -0.2) is 30.4 Å². The number of hydrogen-bond acceptors (Lipinski definition) is 2. The van der Waals surface area contributed by atoms with Crippen LogP contribution in [0, 0.1) is 19.8 Å². The van der Waals surface area contributed by atoms with E-state index in [-0.39, 0.29) is 5.91 Å². The number of hydrogen-bond donors (Lipinski definition) is 1. The van der Waals surface area contributed by atoms with E-state index in [0.29, 0.717) is 12.5 Å². The Morgan fingerprint density at radius 1 is 1.42 bits per heavy atom. The van der Waals surface area contributed by atoms with Crippen LogP contribution in [0.3, 0.4) is 0 Å². The van der Waals surface area contributed by atoms with Gasteiger partial charge in [-0.1, -0.05) is 19.1 Å². The highest BCUT2D eigenvalue weighted by Crippen LogP contribution is 2.19. The van der Waals surface area contributed by atoms with Gasteiger partial charge in [0.25, 0.3) is 0 Å². The highest BCUT2D eigenvalue weighted by atomic mass is 16.2. The third kappa shape index (κ3) is 3.80. The smallest absolute Gasteiger partial charge is 0.238 e. The zero-order valence-electron chi connectivity index (χ0n) is 12.2. The minimum atomic E-state index is 0.0998. The van der Waals surface area contributed by atoms with Crippen molar-refractivity contribution in [1.29, 1.82) is 0 Å². The summed E-state index contributed by atoms with van der Waals surface area (Å²) >= 11 is 0. The van der Waals surface area contributed by atoms with Gasteiger partial charge >= 0.3 is 0 Å². The molecule has 1 aliphatic heterocycles. The lowest BCUT2D eigenvalue weighted by molar-refractivity contribution is -0.117.